The number of urea groups is 1. The van der Waals surface area contributed by atoms with Crippen molar-refractivity contribution in [3.63, 3.8) is 0 Å². The zero-order valence-corrected chi connectivity index (χ0v) is 19.8. The minimum Gasteiger partial charge on any atom is -0.481 e. The summed E-state index contributed by atoms with van der Waals surface area (Å²) in [5.41, 5.74) is 1.61. The third-order valence-electron chi connectivity index (χ3n) is 7.74. The Bertz CT molecular complexity index is 1270. The molecule has 1 aromatic carbocycles. The zero-order chi connectivity index (χ0) is 24.0. The van der Waals surface area contributed by atoms with E-state index in [1.165, 1.54) is 6.42 Å². The summed E-state index contributed by atoms with van der Waals surface area (Å²) in [6.45, 7) is 0.553. The van der Waals surface area contributed by atoms with Crippen LogP contribution < -0.4 is 20.7 Å². The van der Waals surface area contributed by atoms with Crippen LogP contribution in [0.1, 0.15) is 44.1 Å². The Morgan fingerprint density at radius 1 is 1.17 bits per heavy atom. The standard InChI is InChI=1S/C26H30N6O3/c1-35-22-19(3-2-6-27-22)14-28-20-5-4-18-13-29-23(30-21(18)8-20)31-24(33)32-25-9-16-7-17(10-25)12-26(34,11-16)15-25/h2-6,8,13,16-17,28,34H,7,9-12,14-15H2,1H3,(H2,29,30,31,32,33). The number of pyridine rings is 1. The number of ether oxygens (including phenoxy) is 1. The summed E-state index contributed by atoms with van der Waals surface area (Å²) in [7, 11) is 1.61. The average molecular weight is 475 g/mol. The molecule has 3 aromatic rings. The monoisotopic (exact) mass is 474 g/mol. The number of amides is 2. The topological polar surface area (TPSA) is 121 Å². The quantitative estimate of drug-likeness (QED) is 0.428. The highest BCUT2D eigenvalue weighted by Crippen LogP contribution is 2.57. The van der Waals surface area contributed by atoms with Crippen LogP contribution in [0.15, 0.2) is 42.7 Å². The van der Waals surface area contributed by atoms with E-state index in [-0.39, 0.29) is 17.5 Å². The predicted molar refractivity (Wildman–Crippen MR) is 132 cm³/mol. The van der Waals surface area contributed by atoms with E-state index >= 15 is 0 Å². The van der Waals surface area contributed by atoms with Gasteiger partial charge in [-0.3, -0.25) is 5.32 Å². The number of anilines is 2. The molecule has 35 heavy (non-hydrogen) atoms. The van der Waals surface area contributed by atoms with E-state index < -0.39 is 5.60 Å². The third-order valence-corrected chi connectivity index (χ3v) is 7.74. The second kappa shape index (κ2) is 8.34. The molecular weight excluding hydrogens is 444 g/mol. The van der Waals surface area contributed by atoms with Gasteiger partial charge >= 0.3 is 6.03 Å². The lowest BCUT2D eigenvalue weighted by Gasteiger charge is -2.60. The Morgan fingerprint density at radius 3 is 2.77 bits per heavy atom. The van der Waals surface area contributed by atoms with E-state index in [4.69, 9.17) is 4.74 Å². The fraction of sp³-hybridized carbons (Fsp3) is 0.462. The maximum Gasteiger partial charge on any atom is 0.322 e. The lowest BCUT2D eigenvalue weighted by molar-refractivity contribution is -0.138. The van der Waals surface area contributed by atoms with Crippen molar-refractivity contribution in [2.24, 2.45) is 11.8 Å². The van der Waals surface area contributed by atoms with Crippen molar-refractivity contribution in [2.45, 2.75) is 56.2 Å². The zero-order valence-electron chi connectivity index (χ0n) is 19.8. The number of fused-ring (bicyclic) bond motifs is 1. The Balaban J connectivity index is 1.14. The SMILES string of the molecule is COc1ncccc1CNc1ccc2cnc(NC(=O)NC34CC5CC(CC(O)(C5)C3)C4)nc2c1. The lowest BCUT2D eigenvalue weighted by Crippen LogP contribution is -2.65. The fourth-order valence-corrected chi connectivity index (χ4v) is 6.87. The largest absolute Gasteiger partial charge is 0.481 e. The van der Waals surface area contributed by atoms with Gasteiger partial charge in [-0.2, -0.15) is 0 Å². The molecule has 0 aliphatic heterocycles. The van der Waals surface area contributed by atoms with Crippen LogP contribution in [0.5, 0.6) is 5.88 Å². The number of aliphatic hydroxyl groups is 1. The first kappa shape index (κ1) is 22.0. The molecular formula is C26H30N6O3. The Morgan fingerprint density at radius 2 is 2.00 bits per heavy atom. The van der Waals surface area contributed by atoms with Crippen molar-refractivity contribution in [1.29, 1.82) is 0 Å². The van der Waals surface area contributed by atoms with Gasteiger partial charge in [-0.1, -0.05) is 6.07 Å². The molecule has 0 spiro atoms. The van der Waals surface area contributed by atoms with Crippen molar-refractivity contribution >= 4 is 28.6 Å². The molecule has 2 unspecified atom stereocenters. The van der Waals surface area contributed by atoms with Crippen LogP contribution in [-0.4, -0.2) is 44.3 Å². The maximum atomic E-state index is 12.9. The summed E-state index contributed by atoms with van der Waals surface area (Å²) in [6.07, 6.45) is 8.83. The number of aromatic nitrogens is 3. The van der Waals surface area contributed by atoms with Crippen LogP contribution in [-0.2, 0) is 6.54 Å². The molecule has 7 rings (SSSR count). The molecule has 182 valence electrons. The molecule has 0 saturated heterocycles. The van der Waals surface area contributed by atoms with Gasteiger partial charge in [-0.15, -0.1) is 0 Å². The molecule has 0 radical (unpaired) electrons. The van der Waals surface area contributed by atoms with Crippen molar-refractivity contribution < 1.29 is 14.6 Å². The molecule has 2 heterocycles. The van der Waals surface area contributed by atoms with Crippen LogP contribution in [0.3, 0.4) is 0 Å². The summed E-state index contributed by atoms with van der Waals surface area (Å²) < 4.78 is 5.32. The number of hydrogen-bond acceptors (Lipinski definition) is 7. The van der Waals surface area contributed by atoms with Gasteiger partial charge in [-0.05, 0) is 74.6 Å². The van der Waals surface area contributed by atoms with Crippen molar-refractivity contribution in [3.8, 4) is 5.88 Å². The Labute approximate surface area is 203 Å². The average Bonchev–Trinajstić information content (AvgIpc) is 2.80. The van der Waals surface area contributed by atoms with Gasteiger partial charge in [0, 0.05) is 41.1 Å². The summed E-state index contributed by atoms with van der Waals surface area (Å²) in [5, 5.41) is 21.2. The summed E-state index contributed by atoms with van der Waals surface area (Å²) in [6, 6.07) is 9.36. The van der Waals surface area contributed by atoms with Gasteiger partial charge in [0.1, 0.15) is 0 Å². The predicted octanol–water partition coefficient (Wildman–Crippen LogP) is 3.85. The summed E-state index contributed by atoms with van der Waals surface area (Å²) in [5.74, 6) is 1.84. The first-order chi connectivity index (χ1) is 16.9. The van der Waals surface area contributed by atoms with E-state index in [0.717, 1.165) is 47.8 Å². The second-order valence-electron chi connectivity index (χ2n) is 10.5. The van der Waals surface area contributed by atoms with Crippen LogP contribution >= 0.6 is 0 Å². The van der Waals surface area contributed by atoms with Gasteiger partial charge in [0.15, 0.2) is 0 Å². The van der Waals surface area contributed by atoms with Gasteiger partial charge in [0.05, 0.1) is 18.2 Å². The third kappa shape index (κ3) is 4.36. The van der Waals surface area contributed by atoms with E-state index in [9.17, 15) is 9.90 Å². The smallest absolute Gasteiger partial charge is 0.322 e. The minimum atomic E-state index is -0.625. The molecule has 2 aromatic heterocycles. The molecule has 2 atom stereocenters. The van der Waals surface area contributed by atoms with E-state index in [1.807, 2.05) is 30.3 Å². The number of methoxy groups -OCH3 is 1. The molecule has 4 fully saturated rings. The Hall–Kier alpha value is -3.46. The van der Waals surface area contributed by atoms with Crippen molar-refractivity contribution in [2.75, 3.05) is 17.7 Å². The first-order valence-corrected chi connectivity index (χ1v) is 12.2. The highest BCUT2D eigenvalue weighted by atomic mass is 16.5. The molecule has 9 heteroatoms. The first-order valence-electron chi connectivity index (χ1n) is 12.2. The van der Waals surface area contributed by atoms with Crippen LogP contribution in [0.2, 0.25) is 0 Å². The van der Waals surface area contributed by atoms with Crippen LogP contribution in [0.4, 0.5) is 16.4 Å². The molecule has 2 amide bonds. The normalized spacial score (nSPS) is 28.6. The number of carbonyl (C=O) groups is 1. The second-order valence-corrected chi connectivity index (χ2v) is 10.5. The van der Waals surface area contributed by atoms with Crippen molar-refractivity contribution in [1.82, 2.24) is 20.3 Å². The van der Waals surface area contributed by atoms with Gasteiger partial charge in [-0.25, -0.2) is 19.7 Å². The number of carbonyl (C=O) groups excluding carboxylic acids is 1. The fourth-order valence-electron chi connectivity index (χ4n) is 6.87. The molecule has 4 aliphatic carbocycles. The number of hydrogen-bond donors (Lipinski definition) is 4. The van der Waals surface area contributed by atoms with Gasteiger partial charge in [0.2, 0.25) is 11.8 Å². The summed E-state index contributed by atoms with van der Waals surface area (Å²) >= 11 is 0. The molecule has 4 aliphatic rings. The lowest BCUT2D eigenvalue weighted by atomic mass is 9.51. The van der Waals surface area contributed by atoms with Gasteiger partial charge in [0.25, 0.3) is 0 Å². The molecule has 9 nitrogen and oxygen atoms in total. The number of nitrogens with one attached hydrogen (secondary N) is 3. The van der Waals surface area contributed by atoms with Crippen LogP contribution in [0.25, 0.3) is 10.9 Å². The van der Waals surface area contributed by atoms with Crippen molar-refractivity contribution in [3.05, 3.63) is 48.3 Å². The highest BCUT2D eigenvalue weighted by molar-refractivity contribution is 5.90. The van der Waals surface area contributed by atoms with E-state index in [2.05, 4.69) is 30.9 Å². The Kier molecular flexibility index (Phi) is 5.25. The molecule has 4 saturated carbocycles. The van der Waals surface area contributed by atoms with E-state index in [1.54, 1.807) is 19.5 Å². The van der Waals surface area contributed by atoms with E-state index in [0.29, 0.717) is 30.7 Å². The molecule has 4 bridgehead atoms. The minimum absolute atomic E-state index is 0.254. The number of nitrogens with zero attached hydrogens (tertiary/aromatic N) is 3. The van der Waals surface area contributed by atoms with Gasteiger partial charge < -0.3 is 20.5 Å². The molecule has 4 N–H and O–H groups in total. The maximum absolute atomic E-state index is 12.9. The van der Waals surface area contributed by atoms with Crippen LogP contribution in [0, 0.1) is 11.8 Å². The number of benzene rings is 1. The summed E-state index contributed by atoms with van der Waals surface area (Å²) in [4.78, 5) is 26.0. The highest BCUT2D eigenvalue weighted by Gasteiger charge is 2.57. The number of rotatable bonds is 6.